The van der Waals surface area contributed by atoms with Gasteiger partial charge in [-0.1, -0.05) is 54.6 Å². The number of hydrogen-bond donors (Lipinski definition) is 1. The molecular weight excluding hydrogens is 230 g/mol. The van der Waals surface area contributed by atoms with E-state index < -0.39 is 0 Å². The zero-order chi connectivity index (χ0) is 13.0. The molecule has 2 aliphatic carbocycles. The van der Waals surface area contributed by atoms with E-state index in [4.69, 9.17) is 5.73 Å². The minimum Gasteiger partial charge on any atom is -0.323 e. The van der Waals surface area contributed by atoms with E-state index in [0.717, 1.165) is 6.42 Å². The van der Waals surface area contributed by atoms with Crippen LogP contribution in [-0.2, 0) is 5.41 Å². The van der Waals surface area contributed by atoms with Gasteiger partial charge in [-0.3, -0.25) is 0 Å². The first-order valence-corrected chi connectivity index (χ1v) is 6.86. The first kappa shape index (κ1) is 11.0. The van der Waals surface area contributed by atoms with Gasteiger partial charge in [0.1, 0.15) is 0 Å². The molecule has 2 aliphatic rings. The molecule has 0 fully saturated rings. The molecule has 2 aromatic rings. The monoisotopic (exact) mass is 247 g/mol. The van der Waals surface area contributed by atoms with Gasteiger partial charge in [-0.2, -0.15) is 0 Å². The third-order valence-electron chi connectivity index (χ3n) is 4.98. The fourth-order valence-electron chi connectivity index (χ4n) is 4.19. The summed E-state index contributed by atoms with van der Waals surface area (Å²) in [5.41, 5.74) is 12.1. The molecule has 0 aromatic heterocycles. The molecule has 1 unspecified atom stereocenters. The minimum absolute atomic E-state index is 0.0256. The number of rotatable bonds is 2. The maximum atomic E-state index is 6.46. The molecule has 4 rings (SSSR count). The number of hydrogen-bond acceptors (Lipinski definition) is 1. The van der Waals surface area contributed by atoms with E-state index in [0.29, 0.717) is 5.92 Å². The standard InChI is InChI=1S/C18H17N/c1-2-17(19)18-11-14(12-7-3-5-9-15(12)18)13-8-4-6-10-16(13)18/h2-10,14,17H,1,11,19H2. The molecule has 2 bridgehead atoms. The van der Waals surface area contributed by atoms with Crippen LogP contribution in [0.4, 0.5) is 0 Å². The number of nitrogens with two attached hydrogens (primary N) is 1. The van der Waals surface area contributed by atoms with Crippen molar-refractivity contribution in [2.45, 2.75) is 23.8 Å². The molecule has 1 atom stereocenters. The van der Waals surface area contributed by atoms with Crippen molar-refractivity contribution in [2.24, 2.45) is 5.73 Å². The largest absolute Gasteiger partial charge is 0.323 e. The lowest BCUT2D eigenvalue weighted by atomic mass is 9.70. The van der Waals surface area contributed by atoms with Crippen molar-refractivity contribution >= 4 is 0 Å². The Bertz CT molecular complexity index is 623. The highest BCUT2D eigenvalue weighted by Crippen LogP contribution is 2.61. The van der Waals surface area contributed by atoms with Gasteiger partial charge in [0.15, 0.2) is 0 Å². The van der Waals surface area contributed by atoms with Gasteiger partial charge >= 0.3 is 0 Å². The molecule has 94 valence electrons. The first-order chi connectivity index (χ1) is 9.29. The molecule has 1 heteroatoms. The van der Waals surface area contributed by atoms with Crippen molar-refractivity contribution in [1.82, 2.24) is 0 Å². The fraction of sp³-hybridized carbons (Fsp3) is 0.222. The molecule has 0 spiro atoms. The van der Waals surface area contributed by atoms with E-state index in [1.54, 1.807) is 0 Å². The predicted molar refractivity (Wildman–Crippen MR) is 78.3 cm³/mol. The molecule has 2 aromatic carbocycles. The highest BCUT2D eigenvalue weighted by atomic mass is 14.7. The average molecular weight is 247 g/mol. The molecule has 19 heavy (non-hydrogen) atoms. The number of fused-ring (bicyclic) bond motifs is 8. The van der Waals surface area contributed by atoms with Gasteiger partial charge < -0.3 is 5.73 Å². The summed E-state index contributed by atoms with van der Waals surface area (Å²) < 4.78 is 0. The minimum atomic E-state index is -0.0559. The Kier molecular flexibility index (Phi) is 2.07. The zero-order valence-electron chi connectivity index (χ0n) is 10.8. The van der Waals surface area contributed by atoms with Gasteiger partial charge in [-0.25, -0.2) is 0 Å². The van der Waals surface area contributed by atoms with Gasteiger partial charge in [0.25, 0.3) is 0 Å². The first-order valence-electron chi connectivity index (χ1n) is 6.86. The maximum Gasteiger partial charge on any atom is 0.0404 e. The Morgan fingerprint density at radius 3 is 2.11 bits per heavy atom. The van der Waals surface area contributed by atoms with Crippen LogP contribution in [0, 0.1) is 0 Å². The van der Waals surface area contributed by atoms with Crippen molar-refractivity contribution in [3.05, 3.63) is 83.4 Å². The summed E-state index contributed by atoms with van der Waals surface area (Å²) in [7, 11) is 0. The molecular formula is C18H17N. The van der Waals surface area contributed by atoms with E-state index in [9.17, 15) is 0 Å². The molecule has 0 aliphatic heterocycles. The van der Waals surface area contributed by atoms with Crippen molar-refractivity contribution in [1.29, 1.82) is 0 Å². The topological polar surface area (TPSA) is 26.0 Å². The second-order valence-corrected chi connectivity index (χ2v) is 5.66. The third kappa shape index (κ3) is 1.14. The van der Waals surface area contributed by atoms with E-state index >= 15 is 0 Å². The summed E-state index contributed by atoms with van der Waals surface area (Å²) in [5.74, 6) is 0.512. The Hall–Kier alpha value is -1.86. The average Bonchev–Trinajstić information content (AvgIpc) is 3.00. The van der Waals surface area contributed by atoms with Crippen LogP contribution in [0.3, 0.4) is 0 Å². The van der Waals surface area contributed by atoms with E-state index in [-0.39, 0.29) is 11.5 Å². The molecule has 1 nitrogen and oxygen atoms in total. The smallest absolute Gasteiger partial charge is 0.0404 e. The van der Waals surface area contributed by atoms with Gasteiger partial charge in [-0.15, -0.1) is 6.58 Å². The summed E-state index contributed by atoms with van der Waals surface area (Å²) in [4.78, 5) is 0. The van der Waals surface area contributed by atoms with Crippen LogP contribution < -0.4 is 5.73 Å². The molecule has 0 saturated heterocycles. The normalized spacial score (nSPS) is 27.7. The van der Waals surface area contributed by atoms with Crippen LogP contribution in [0.15, 0.2) is 61.2 Å². The van der Waals surface area contributed by atoms with Crippen molar-refractivity contribution in [3.8, 4) is 0 Å². The molecule has 0 amide bonds. The van der Waals surface area contributed by atoms with E-state index in [1.165, 1.54) is 22.3 Å². The van der Waals surface area contributed by atoms with E-state index in [2.05, 4.69) is 55.1 Å². The molecule has 0 radical (unpaired) electrons. The van der Waals surface area contributed by atoms with Crippen LogP contribution in [-0.4, -0.2) is 6.04 Å². The van der Waals surface area contributed by atoms with Crippen LogP contribution in [0.1, 0.15) is 34.6 Å². The highest BCUT2D eigenvalue weighted by molar-refractivity contribution is 5.64. The van der Waals surface area contributed by atoms with Gasteiger partial charge in [0.2, 0.25) is 0 Å². The SMILES string of the molecule is C=CC(N)C12CC(c3ccccc31)c1ccccc12. The quantitative estimate of drug-likeness (QED) is 0.809. The molecule has 0 saturated carbocycles. The summed E-state index contributed by atoms with van der Waals surface area (Å²) >= 11 is 0. The van der Waals surface area contributed by atoms with E-state index in [1.807, 2.05) is 6.08 Å². The zero-order valence-corrected chi connectivity index (χ0v) is 10.8. The van der Waals surface area contributed by atoms with Gasteiger partial charge in [0.05, 0.1) is 0 Å². The lowest BCUT2D eigenvalue weighted by Crippen LogP contribution is -2.42. The lowest BCUT2D eigenvalue weighted by molar-refractivity contribution is 0.475. The van der Waals surface area contributed by atoms with Crippen LogP contribution in [0.5, 0.6) is 0 Å². The Labute approximate surface area is 113 Å². The summed E-state index contributed by atoms with van der Waals surface area (Å²) in [6.07, 6.45) is 3.00. The van der Waals surface area contributed by atoms with Crippen molar-refractivity contribution < 1.29 is 0 Å². The van der Waals surface area contributed by atoms with Crippen LogP contribution in [0.25, 0.3) is 0 Å². The van der Waals surface area contributed by atoms with Crippen molar-refractivity contribution in [3.63, 3.8) is 0 Å². The van der Waals surface area contributed by atoms with Crippen LogP contribution >= 0.6 is 0 Å². The summed E-state index contributed by atoms with van der Waals surface area (Å²) in [5, 5.41) is 0. The maximum absolute atomic E-state index is 6.46. The molecule has 2 N–H and O–H groups in total. The predicted octanol–water partition coefficient (Wildman–Crippen LogP) is 3.34. The summed E-state index contributed by atoms with van der Waals surface area (Å²) in [6, 6.07) is 17.5. The second-order valence-electron chi connectivity index (χ2n) is 5.66. The summed E-state index contributed by atoms with van der Waals surface area (Å²) in [6.45, 7) is 3.94. The lowest BCUT2D eigenvalue weighted by Gasteiger charge is -2.35. The van der Waals surface area contributed by atoms with Gasteiger partial charge in [-0.05, 0) is 28.7 Å². The van der Waals surface area contributed by atoms with Crippen LogP contribution in [0.2, 0.25) is 0 Å². The fourth-order valence-corrected chi connectivity index (χ4v) is 4.19. The second kappa shape index (κ2) is 3.58. The van der Waals surface area contributed by atoms with Gasteiger partial charge in [0, 0.05) is 17.4 Å². The number of benzene rings is 2. The Morgan fingerprint density at radius 1 is 1.05 bits per heavy atom. The molecule has 0 heterocycles. The highest BCUT2D eigenvalue weighted by Gasteiger charge is 2.54. The van der Waals surface area contributed by atoms with Crippen molar-refractivity contribution in [2.75, 3.05) is 0 Å². The third-order valence-corrected chi connectivity index (χ3v) is 4.98. The Balaban J connectivity index is 2.07. The Morgan fingerprint density at radius 2 is 1.58 bits per heavy atom.